The van der Waals surface area contributed by atoms with Crippen LogP contribution in [0.1, 0.15) is 5.56 Å². The summed E-state index contributed by atoms with van der Waals surface area (Å²) >= 11 is 0. The first-order valence-electron chi connectivity index (χ1n) is 6.36. The van der Waals surface area contributed by atoms with Crippen LogP contribution in [-0.4, -0.2) is 31.6 Å². The number of aryl methyl sites for hydroxylation is 1. The summed E-state index contributed by atoms with van der Waals surface area (Å²) in [4.78, 5) is 16.7. The molecular formula is C14H13FN6. The number of hydrogen-bond donors (Lipinski definition) is 1. The van der Waals surface area contributed by atoms with Crippen LogP contribution < -0.4 is 5.32 Å². The van der Waals surface area contributed by atoms with Gasteiger partial charge in [-0.25, -0.2) is 9.37 Å². The van der Waals surface area contributed by atoms with Crippen LogP contribution in [0.3, 0.4) is 0 Å². The van der Waals surface area contributed by atoms with E-state index in [9.17, 15) is 4.39 Å². The fourth-order valence-corrected chi connectivity index (χ4v) is 1.90. The van der Waals surface area contributed by atoms with Crippen molar-refractivity contribution < 1.29 is 4.39 Å². The van der Waals surface area contributed by atoms with Crippen LogP contribution in [0.2, 0.25) is 0 Å². The van der Waals surface area contributed by atoms with Crippen LogP contribution >= 0.6 is 0 Å². The van der Waals surface area contributed by atoms with Gasteiger partial charge in [0.1, 0.15) is 12.1 Å². The minimum Gasteiger partial charge on any atom is -0.357 e. The summed E-state index contributed by atoms with van der Waals surface area (Å²) in [5.74, 6) is 0.650. The summed E-state index contributed by atoms with van der Waals surface area (Å²) < 4.78 is 15.7. The largest absolute Gasteiger partial charge is 0.357 e. The number of nitrogens with zero attached hydrogens (tertiary/aromatic N) is 5. The summed E-state index contributed by atoms with van der Waals surface area (Å²) in [5.41, 5.74) is 1.28. The minimum atomic E-state index is -0.370. The SMILES string of the molecule is CNc1nc(-c2cc(C)ccc2F)nc(-n2ccnc2)n1. The molecule has 1 N–H and O–H groups in total. The second-order valence-corrected chi connectivity index (χ2v) is 4.49. The Kier molecular flexibility index (Phi) is 3.31. The molecule has 0 saturated carbocycles. The van der Waals surface area contributed by atoms with Gasteiger partial charge in [-0.2, -0.15) is 15.0 Å². The van der Waals surface area contributed by atoms with Crippen molar-refractivity contribution in [3.05, 3.63) is 48.3 Å². The summed E-state index contributed by atoms with van der Waals surface area (Å²) in [6.07, 6.45) is 4.91. The van der Waals surface area contributed by atoms with Crippen LogP contribution in [0.4, 0.5) is 10.3 Å². The highest BCUT2D eigenvalue weighted by atomic mass is 19.1. The van der Waals surface area contributed by atoms with Gasteiger partial charge in [0.05, 0.1) is 5.56 Å². The highest BCUT2D eigenvalue weighted by Gasteiger charge is 2.13. The van der Waals surface area contributed by atoms with Crippen molar-refractivity contribution in [3.63, 3.8) is 0 Å². The van der Waals surface area contributed by atoms with Gasteiger partial charge in [-0.05, 0) is 19.1 Å². The Bertz CT molecular complexity index is 769. The summed E-state index contributed by atoms with van der Waals surface area (Å²) in [7, 11) is 1.70. The molecule has 0 saturated heterocycles. The molecule has 2 aromatic heterocycles. The van der Waals surface area contributed by atoms with Crippen LogP contribution in [0.5, 0.6) is 0 Å². The Morgan fingerprint density at radius 2 is 2.05 bits per heavy atom. The van der Waals surface area contributed by atoms with Gasteiger partial charge < -0.3 is 5.32 Å². The molecule has 0 radical (unpaired) electrons. The van der Waals surface area contributed by atoms with Gasteiger partial charge in [0.25, 0.3) is 0 Å². The van der Waals surface area contributed by atoms with Gasteiger partial charge in [0.2, 0.25) is 11.9 Å². The lowest BCUT2D eigenvalue weighted by atomic mass is 10.1. The van der Waals surface area contributed by atoms with Crippen molar-refractivity contribution >= 4 is 5.95 Å². The first-order chi connectivity index (χ1) is 10.2. The molecule has 2 heterocycles. The van der Waals surface area contributed by atoms with E-state index in [4.69, 9.17) is 0 Å². The lowest BCUT2D eigenvalue weighted by Crippen LogP contribution is -2.07. The zero-order valence-electron chi connectivity index (χ0n) is 11.6. The first-order valence-corrected chi connectivity index (χ1v) is 6.36. The maximum absolute atomic E-state index is 14.0. The highest BCUT2D eigenvalue weighted by molar-refractivity contribution is 5.59. The summed E-state index contributed by atoms with van der Waals surface area (Å²) in [6.45, 7) is 1.89. The second-order valence-electron chi connectivity index (χ2n) is 4.49. The van der Waals surface area contributed by atoms with E-state index in [1.807, 2.05) is 6.92 Å². The minimum absolute atomic E-state index is 0.277. The average molecular weight is 284 g/mol. The number of imidazole rings is 1. The molecule has 0 aliphatic carbocycles. The Balaban J connectivity index is 2.18. The molecule has 21 heavy (non-hydrogen) atoms. The maximum atomic E-state index is 14.0. The number of anilines is 1. The molecule has 0 fully saturated rings. The molecule has 0 atom stereocenters. The Hall–Kier alpha value is -2.83. The van der Waals surface area contributed by atoms with Crippen molar-refractivity contribution in [3.8, 4) is 17.3 Å². The monoisotopic (exact) mass is 284 g/mol. The van der Waals surface area contributed by atoms with Crippen LogP contribution in [-0.2, 0) is 0 Å². The first kappa shape index (κ1) is 13.2. The zero-order chi connectivity index (χ0) is 14.8. The molecule has 0 aliphatic heterocycles. The molecule has 0 unspecified atom stereocenters. The normalized spacial score (nSPS) is 10.6. The molecule has 3 rings (SSSR count). The van der Waals surface area contributed by atoms with E-state index in [-0.39, 0.29) is 11.6 Å². The molecule has 1 aromatic carbocycles. The Morgan fingerprint density at radius 1 is 1.19 bits per heavy atom. The van der Waals surface area contributed by atoms with Gasteiger partial charge in [-0.3, -0.25) is 4.57 Å². The molecule has 0 aliphatic rings. The second kappa shape index (κ2) is 5.28. The fourth-order valence-electron chi connectivity index (χ4n) is 1.90. The van der Waals surface area contributed by atoms with Crippen molar-refractivity contribution in [2.75, 3.05) is 12.4 Å². The van der Waals surface area contributed by atoms with Crippen molar-refractivity contribution in [2.45, 2.75) is 6.92 Å². The standard InChI is InChI=1S/C14H13FN6/c1-9-3-4-11(15)10(7-9)12-18-13(16-2)20-14(19-12)21-6-5-17-8-21/h3-8H,1-2H3,(H,16,18,19,20). The van der Waals surface area contributed by atoms with E-state index in [0.29, 0.717) is 17.5 Å². The van der Waals surface area contributed by atoms with Crippen LogP contribution in [0.15, 0.2) is 36.9 Å². The summed E-state index contributed by atoms with van der Waals surface area (Å²) in [5, 5.41) is 2.86. The Morgan fingerprint density at radius 3 is 2.76 bits per heavy atom. The predicted octanol–water partition coefficient (Wildman–Crippen LogP) is 2.21. The number of halogens is 1. The molecule has 7 heteroatoms. The average Bonchev–Trinajstić information content (AvgIpc) is 3.03. The molecule has 3 aromatic rings. The van der Waals surface area contributed by atoms with E-state index in [1.165, 1.54) is 6.07 Å². The molecule has 0 bridgehead atoms. The third-order valence-electron chi connectivity index (χ3n) is 2.95. The van der Waals surface area contributed by atoms with Crippen molar-refractivity contribution in [1.29, 1.82) is 0 Å². The lowest BCUT2D eigenvalue weighted by molar-refractivity contribution is 0.629. The smallest absolute Gasteiger partial charge is 0.240 e. The zero-order valence-corrected chi connectivity index (χ0v) is 11.6. The van der Waals surface area contributed by atoms with E-state index in [0.717, 1.165) is 5.56 Å². The number of benzene rings is 1. The molecule has 0 spiro atoms. The maximum Gasteiger partial charge on any atom is 0.240 e. The number of rotatable bonds is 3. The van der Waals surface area contributed by atoms with E-state index in [2.05, 4.69) is 25.3 Å². The Labute approximate surface area is 120 Å². The van der Waals surface area contributed by atoms with Gasteiger partial charge in [-0.1, -0.05) is 11.6 Å². The van der Waals surface area contributed by atoms with Crippen LogP contribution in [0.25, 0.3) is 17.3 Å². The quantitative estimate of drug-likeness (QED) is 0.798. The fraction of sp³-hybridized carbons (Fsp3) is 0.143. The third kappa shape index (κ3) is 2.58. The molecular weight excluding hydrogens is 271 g/mol. The van der Waals surface area contributed by atoms with Gasteiger partial charge in [0, 0.05) is 19.4 Å². The number of hydrogen-bond acceptors (Lipinski definition) is 5. The lowest BCUT2D eigenvalue weighted by Gasteiger charge is -2.08. The predicted molar refractivity (Wildman–Crippen MR) is 76.6 cm³/mol. The molecule has 6 nitrogen and oxygen atoms in total. The van der Waals surface area contributed by atoms with Crippen molar-refractivity contribution in [2.24, 2.45) is 0 Å². The third-order valence-corrected chi connectivity index (χ3v) is 2.95. The van der Waals surface area contributed by atoms with Crippen LogP contribution in [0, 0.1) is 12.7 Å². The van der Waals surface area contributed by atoms with E-state index >= 15 is 0 Å². The van der Waals surface area contributed by atoms with Gasteiger partial charge in [-0.15, -0.1) is 0 Å². The topological polar surface area (TPSA) is 68.5 Å². The van der Waals surface area contributed by atoms with Crippen molar-refractivity contribution in [1.82, 2.24) is 24.5 Å². The summed E-state index contributed by atoms with van der Waals surface area (Å²) in [6, 6.07) is 4.82. The highest BCUT2D eigenvalue weighted by Crippen LogP contribution is 2.22. The number of nitrogens with one attached hydrogen (secondary N) is 1. The van der Waals surface area contributed by atoms with Gasteiger partial charge in [0.15, 0.2) is 5.82 Å². The van der Waals surface area contributed by atoms with E-state index < -0.39 is 0 Å². The molecule has 0 amide bonds. The van der Waals surface area contributed by atoms with Gasteiger partial charge >= 0.3 is 0 Å². The van der Waals surface area contributed by atoms with E-state index in [1.54, 1.807) is 42.5 Å². The molecule has 106 valence electrons. The number of aromatic nitrogens is 5.